The van der Waals surface area contributed by atoms with Crippen molar-refractivity contribution in [2.75, 3.05) is 31.9 Å². The van der Waals surface area contributed by atoms with Crippen LogP contribution in [0.3, 0.4) is 0 Å². The second-order valence-corrected chi connectivity index (χ2v) is 8.63. The molecule has 0 unspecified atom stereocenters. The summed E-state index contributed by atoms with van der Waals surface area (Å²) in [5.74, 6) is 0.687. The van der Waals surface area contributed by atoms with E-state index in [1.807, 2.05) is 29.2 Å². The van der Waals surface area contributed by atoms with Gasteiger partial charge in [-0.3, -0.25) is 9.69 Å². The molecule has 3 aromatic rings. The molecule has 0 spiro atoms. The van der Waals surface area contributed by atoms with E-state index in [1.54, 1.807) is 23.1 Å². The van der Waals surface area contributed by atoms with Crippen LogP contribution in [0.4, 0.5) is 0 Å². The summed E-state index contributed by atoms with van der Waals surface area (Å²) >= 11 is 3.21. The Morgan fingerprint density at radius 1 is 1.00 bits per heavy atom. The number of para-hydroxylation sites is 1. The van der Waals surface area contributed by atoms with Crippen LogP contribution >= 0.6 is 23.1 Å². The van der Waals surface area contributed by atoms with Crippen LogP contribution in [0.1, 0.15) is 5.56 Å². The maximum Gasteiger partial charge on any atom is 0.233 e. The lowest BCUT2D eigenvalue weighted by molar-refractivity contribution is -0.130. The van der Waals surface area contributed by atoms with Crippen LogP contribution in [0.15, 0.2) is 58.9 Å². The fourth-order valence-electron chi connectivity index (χ4n) is 3.12. The number of fused-ring (bicyclic) bond motifs is 1. The van der Waals surface area contributed by atoms with Crippen molar-refractivity contribution in [2.45, 2.75) is 10.9 Å². The second-order valence-electron chi connectivity index (χ2n) is 6.38. The molecule has 26 heavy (non-hydrogen) atoms. The molecule has 2 heterocycles. The van der Waals surface area contributed by atoms with Gasteiger partial charge in [0.05, 0.1) is 16.0 Å². The average molecular weight is 384 g/mol. The molecule has 1 amide bonds. The number of hydrogen-bond acceptors (Lipinski definition) is 5. The Labute approximate surface area is 161 Å². The first-order chi connectivity index (χ1) is 12.8. The summed E-state index contributed by atoms with van der Waals surface area (Å²) in [6.45, 7) is 4.46. The summed E-state index contributed by atoms with van der Waals surface area (Å²) < 4.78 is 2.15. The minimum Gasteiger partial charge on any atom is -0.339 e. The Morgan fingerprint density at radius 3 is 2.50 bits per heavy atom. The third-order valence-corrected chi connectivity index (χ3v) is 6.73. The molecule has 134 valence electrons. The number of carbonyl (C=O) groups excluding carboxylic acids is 1. The van der Waals surface area contributed by atoms with Gasteiger partial charge in [0.1, 0.15) is 0 Å². The smallest absolute Gasteiger partial charge is 0.233 e. The number of benzene rings is 2. The number of carbonyl (C=O) groups is 1. The molecule has 0 N–H and O–H groups in total. The maximum absolute atomic E-state index is 12.5. The molecular formula is C20H21N3OS2. The Kier molecular flexibility index (Phi) is 5.53. The third-order valence-electron chi connectivity index (χ3n) is 4.57. The van der Waals surface area contributed by atoms with Crippen molar-refractivity contribution in [3.63, 3.8) is 0 Å². The van der Waals surface area contributed by atoms with Crippen LogP contribution in [0.25, 0.3) is 10.2 Å². The number of thioether (sulfide) groups is 1. The van der Waals surface area contributed by atoms with Crippen molar-refractivity contribution in [3.8, 4) is 0 Å². The normalized spacial score (nSPS) is 15.5. The van der Waals surface area contributed by atoms with Gasteiger partial charge in [-0.15, -0.1) is 11.3 Å². The minimum atomic E-state index is 0.216. The van der Waals surface area contributed by atoms with Crippen molar-refractivity contribution in [3.05, 3.63) is 60.2 Å². The van der Waals surface area contributed by atoms with Gasteiger partial charge in [0.25, 0.3) is 0 Å². The molecular weight excluding hydrogens is 362 g/mol. The molecule has 0 saturated carbocycles. The van der Waals surface area contributed by atoms with Crippen LogP contribution in [-0.4, -0.2) is 52.6 Å². The zero-order valence-corrected chi connectivity index (χ0v) is 16.1. The van der Waals surface area contributed by atoms with Crippen molar-refractivity contribution in [2.24, 2.45) is 0 Å². The van der Waals surface area contributed by atoms with E-state index < -0.39 is 0 Å². The lowest BCUT2D eigenvalue weighted by Crippen LogP contribution is -2.48. The Balaban J connectivity index is 1.25. The first kappa shape index (κ1) is 17.5. The van der Waals surface area contributed by atoms with Crippen LogP contribution < -0.4 is 0 Å². The van der Waals surface area contributed by atoms with Gasteiger partial charge in [0.2, 0.25) is 5.91 Å². The number of piperazine rings is 1. The molecule has 1 aliphatic heterocycles. The van der Waals surface area contributed by atoms with E-state index in [-0.39, 0.29) is 5.91 Å². The minimum absolute atomic E-state index is 0.216. The van der Waals surface area contributed by atoms with Gasteiger partial charge in [-0.25, -0.2) is 4.98 Å². The Bertz CT molecular complexity index is 840. The zero-order chi connectivity index (χ0) is 17.8. The van der Waals surface area contributed by atoms with Crippen LogP contribution in [-0.2, 0) is 11.3 Å². The van der Waals surface area contributed by atoms with Crippen molar-refractivity contribution >= 4 is 39.2 Å². The predicted octanol–water partition coefficient (Wildman–Crippen LogP) is 3.73. The zero-order valence-electron chi connectivity index (χ0n) is 14.5. The quantitative estimate of drug-likeness (QED) is 0.629. The Hall–Kier alpha value is -1.89. The molecule has 0 atom stereocenters. The molecule has 6 heteroatoms. The predicted molar refractivity (Wildman–Crippen MR) is 109 cm³/mol. The second kappa shape index (κ2) is 8.20. The van der Waals surface area contributed by atoms with E-state index in [0.29, 0.717) is 5.75 Å². The largest absolute Gasteiger partial charge is 0.339 e. The van der Waals surface area contributed by atoms with Gasteiger partial charge in [-0.05, 0) is 17.7 Å². The monoisotopic (exact) mass is 383 g/mol. The number of hydrogen-bond donors (Lipinski definition) is 0. The third kappa shape index (κ3) is 4.26. The molecule has 1 fully saturated rings. The van der Waals surface area contributed by atoms with Crippen LogP contribution in [0, 0.1) is 0 Å². The van der Waals surface area contributed by atoms with E-state index in [0.717, 1.165) is 42.6 Å². The summed E-state index contributed by atoms with van der Waals surface area (Å²) in [4.78, 5) is 21.5. The first-order valence-corrected chi connectivity index (χ1v) is 10.6. The van der Waals surface area contributed by atoms with Gasteiger partial charge < -0.3 is 4.90 Å². The average Bonchev–Trinajstić information content (AvgIpc) is 3.10. The fraction of sp³-hybridized carbons (Fsp3) is 0.300. The molecule has 1 aliphatic rings. The lowest BCUT2D eigenvalue weighted by Gasteiger charge is -2.34. The maximum atomic E-state index is 12.5. The van der Waals surface area contributed by atoms with Gasteiger partial charge in [-0.2, -0.15) is 0 Å². The summed E-state index contributed by atoms with van der Waals surface area (Å²) in [5, 5.41) is 0. The highest BCUT2D eigenvalue weighted by atomic mass is 32.2. The van der Waals surface area contributed by atoms with Crippen molar-refractivity contribution in [1.82, 2.24) is 14.8 Å². The Morgan fingerprint density at radius 2 is 1.73 bits per heavy atom. The van der Waals surface area contributed by atoms with Crippen LogP contribution in [0.2, 0.25) is 0 Å². The van der Waals surface area contributed by atoms with Gasteiger partial charge in [0.15, 0.2) is 4.34 Å². The molecule has 0 bridgehead atoms. The molecule has 1 saturated heterocycles. The topological polar surface area (TPSA) is 36.4 Å². The van der Waals surface area contributed by atoms with Gasteiger partial charge >= 0.3 is 0 Å². The van der Waals surface area contributed by atoms with Crippen molar-refractivity contribution in [1.29, 1.82) is 0 Å². The standard InChI is InChI=1S/C20H21N3OS2/c24-19(15-25-20-21-17-8-4-5-9-18(17)26-20)23-12-10-22(11-13-23)14-16-6-2-1-3-7-16/h1-9H,10-15H2. The number of rotatable bonds is 5. The number of amides is 1. The van der Waals surface area contributed by atoms with Crippen LogP contribution in [0.5, 0.6) is 0 Å². The summed E-state index contributed by atoms with van der Waals surface area (Å²) in [7, 11) is 0. The molecule has 1 aromatic heterocycles. The highest BCUT2D eigenvalue weighted by Crippen LogP contribution is 2.29. The molecule has 4 nitrogen and oxygen atoms in total. The molecule has 4 rings (SSSR count). The molecule has 0 radical (unpaired) electrons. The number of aromatic nitrogens is 1. The number of nitrogens with zero attached hydrogens (tertiary/aromatic N) is 3. The van der Waals surface area contributed by atoms with E-state index in [9.17, 15) is 4.79 Å². The molecule has 2 aromatic carbocycles. The van der Waals surface area contributed by atoms with E-state index >= 15 is 0 Å². The van der Waals surface area contributed by atoms with Gasteiger partial charge in [0, 0.05) is 32.7 Å². The highest BCUT2D eigenvalue weighted by molar-refractivity contribution is 8.01. The van der Waals surface area contributed by atoms with Crippen molar-refractivity contribution < 1.29 is 4.79 Å². The molecule has 0 aliphatic carbocycles. The van der Waals surface area contributed by atoms with E-state index in [2.05, 4.69) is 40.2 Å². The first-order valence-electron chi connectivity index (χ1n) is 8.80. The van der Waals surface area contributed by atoms with Gasteiger partial charge in [-0.1, -0.05) is 54.2 Å². The summed E-state index contributed by atoms with van der Waals surface area (Å²) in [6, 6.07) is 18.6. The van der Waals surface area contributed by atoms with E-state index in [1.165, 1.54) is 10.3 Å². The SMILES string of the molecule is O=C(CSc1nc2ccccc2s1)N1CCN(Cc2ccccc2)CC1. The fourth-order valence-corrected chi connectivity index (χ4v) is 5.10. The van der Waals surface area contributed by atoms with E-state index in [4.69, 9.17) is 0 Å². The highest BCUT2D eigenvalue weighted by Gasteiger charge is 2.21. The summed E-state index contributed by atoms with van der Waals surface area (Å²) in [5.41, 5.74) is 2.35. The number of thiazole rings is 1. The lowest BCUT2D eigenvalue weighted by atomic mass is 10.2. The summed E-state index contributed by atoms with van der Waals surface area (Å²) in [6.07, 6.45) is 0.